The topological polar surface area (TPSA) is 390 Å². The number of hydrogen-bond donors (Lipinski definition) is 11. The highest BCUT2D eigenvalue weighted by atomic mass is 32.2. The van der Waals surface area contributed by atoms with Crippen molar-refractivity contribution in [1.29, 1.82) is 0 Å². The Morgan fingerprint density at radius 1 is 0.570 bits per heavy atom. The molecule has 4 atom stereocenters. The second-order valence-electron chi connectivity index (χ2n) is 22.5. The number of alkyl halides is 3. The molecule has 1 aromatic heterocycles. The number of carbonyl (C=O) groups is 12. The maximum Gasteiger partial charge on any atom is 0.472 e. The fourth-order valence-corrected chi connectivity index (χ4v) is 11.2. The number of urea groups is 1. The van der Waals surface area contributed by atoms with Crippen LogP contribution in [0.15, 0.2) is 18.3 Å². The van der Waals surface area contributed by atoms with Gasteiger partial charge in [-0.3, -0.25) is 58.8 Å². The van der Waals surface area contributed by atoms with Gasteiger partial charge in [0, 0.05) is 121 Å². The number of nitrogens with one attached hydrogen (secondary N) is 11. The number of hydrazine groups is 1. The molecule has 3 fully saturated rings. The van der Waals surface area contributed by atoms with Crippen molar-refractivity contribution >= 4 is 88.7 Å². The molecule has 0 radical (unpaired) electrons. The lowest BCUT2D eigenvalue weighted by Gasteiger charge is -2.19. The van der Waals surface area contributed by atoms with Gasteiger partial charge in [0.15, 0.2) is 0 Å². The van der Waals surface area contributed by atoms with Crippen molar-refractivity contribution in [2.24, 2.45) is 0 Å². The zero-order chi connectivity index (χ0) is 67.5. The van der Waals surface area contributed by atoms with E-state index in [-0.39, 0.29) is 105 Å². The van der Waals surface area contributed by atoms with E-state index in [4.69, 9.17) is 19.0 Å². The summed E-state index contributed by atoms with van der Waals surface area (Å²) in [5.41, 5.74) is 3.64. The van der Waals surface area contributed by atoms with Gasteiger partial charge in [0.25, 0.3) is 17.7 Å². The lowest BCUT2D eigenvalue weighted by atomic mass is 10.0. The Hall–Kier alpha value is -7.39. The molecule has 0 aliphatic carbocycles. The number of unbranched alkanes of at least 4 members (excludes halogenated alkanes) is 8. The van der Waals surface area contributed by atoms with E-state index in [9.17, 15) is 70.7 Å². The number of hydrogen-bond acceptors (Lipinski definition) is 19. The lowest BCUT2D eigenvalue weighted by Crippen LogP contribution is -2.47. The van der Waals surface area contributed by atoms with Crippen molar-refractivity contribution in [3.8, 4) is 0 Å². The quantitative estimate of drug-likeness (QED) is 0.0193. The van der Waals surface area contributed by atoms with Gasteiger partial charge < -0.3 is 66.9 Å². The van der Waals surface area contributed by atoms with Crippen LogP contribution in [-0.2, 0) is 67.0 Å². The number of hydroxylamine groups is 2. The second kappa shape index (κ2) is 45.8. The Morgan fingerprint density at radius 2 is 1.08 bits per heavy atom. The Kier molecular flexibility index (Phi) is 38.5. The van der Waals surface area contributed by atoms with E-state index in [1.807, 2.05) is 17.2 Å². The number of fused-ring (bicyclic) bond motifs is 1. The van der Waals surface area contributed by atoms with E-state index in [1.54, 1.807) is 0 Å². The molecule has 3 saturated heterocycles. The summed E-state index contributed by atoms with van der Waals surface area (Å²) in [6, 6.07) is 1.94. The van der Waals surface area contributed by atoms with Gasteiger partial charge in [-0.05, 0) is 95.6 Å². The van der Waals surface area contributed by atoms with Crippen LogP contribution in [-0.4, -0.2) is 195 Å². The van der Waals surface area contributed by atoms with Gasteiger partial charge in [0.1, 0.15) is 11.9 Å². The number of rotatable bonds is 51. The van der Waals surface area contributed by atoms with Crippen LogP contribution in [0.3, 0.4) is 0 Å². The standard InChI is InChI=1S/C60H94F3N13O16S/c61-60(62,63)58(87)75-74-46-23-22-42(40-70-46)56(85)68-31-12-2-5-19-47(77)64-28-10-1-4-18-48(78)65-30-13-9-16-43(71-51(81)25-24-50(80)66-29-11-3-6-21-54(84)92-76-52(82)26-27-53(76)83)57(86)69-33-15-35-90-37-39-91-38-36-89-34-14-32-67-49(79)20-8-7-17-45-55-44(41-93-45)72-59(88)73-55/h22-23,40,43-45,55H,1-21,24-39,41H2,(H,64,77)(H,65,78)(H,66,80)(H,67,79)(H,68,85)(H,69,86)(H,70,74)(H,71,81)(H,75,87)(H2,72,73,88)/t43-,44-,45-,55-/m0/s1. The molecule has 12 amide bonds. The van der Waals surface area contributed by atoms with Crippen LogP contribution in [0.25, 0.3) is 0 Å². The first-order chi connectivity index (χ1) is 44.8. The first kappa shape index (κ1) is 78.1. The summed E-state index contributed by atoms with van der Waals surface area (Å²) in [7, 11) is 0. The van der Waals surface area contributed by atoms with Crippen molar-refractivity contribution < 1.29 is 89.8 Å². The monoisotopic (exact) mass is 1340 g/mol. The molecule has 0 aromatic carbocycles. The summed E-state index contributed by atoms with van der Waals surface area (Å²) in [6.07, 6.45) is 7.28. The summed E-state index contributed by atoms with van der Waals surface area (Å²) >= 11 is 1.87. The van der Waals surface area contributed by atoms with E-state index < -0.39 is 53.6 Å². The fraction of sp³-hybridized carbons (Fsp3) is 0.717. The largest absolute Gasteiger partial charge is 0.472 e. The van der Waals surface area contributed by atoms with Crippen LogP contribution in [0.2, 0.25) is 0 Å². The number of anilines is 1. The normalized spacial score (nSPS) is 16.1. The highest BCUT2D eigenvalue weighted by molar-refractivity contribution is 8.00. The van der Waals surface area contributed by atoms with E-state index in [2.05, 4.69) is 52.8 Å². The fourth-order valence-electron chi connectivity index (χ4n) is 9.65. The van der Waals surface area contributed by atoms with Crippen LogP contribution >= 0.6 is 11.8 Å². The van der Waals surface area contributed by atoms with Crippen LogP contribution in [0.5, 0.6) is 0 Å². The summed E-state index contributed by atoms with van der Waals surface area (Å²) in [6.45, 7) is 4.47. The third-order valence-corrected chi connectivity index (χ3v) is 16.3. The molecule has 3 aliphatic heterocycles. The number of pyridine rings is 1. The number of imide groups is 1. The number of nitrogens with zero attached hydrogens (tertiary/aromatic N) is 2. The molecule has 1 aromatic rings. The van der Waals surface area contributed by atoms with Crippen LogP contribution in [0, 0.1) is 0 Å². The Labute approximate surface area is 543 Å². The molecule has 11 N–H and O–H groups in total. The van der Waals surface area contributed by atoms with Gasteiger partial charge >= 0.3 is 24.1 Å². The molecule has 33 heteroatoms. The van der Waals surface area contributed by atoms with Crippen molar-refractivity contribution in [3.05, 3.63) is 23.9 Å². The van der Waals surface area contributed by atoms with Crippen molar-refractivity contribution in [2.45, 2.75) is 190 Å². The first-order valence-corrected chi connectivity index (χ1v) is 33.3. The number of carbonyl (C=O) groups excluding carboxylic acids is 12. The zero-order valence-corrected chi connectivity index (χ0v) is 53.7. The minimum atomic E-state index is -5.07. The SMILES string of the molecule is O=C(CCCCCNC(=O)c1ccc(NNC(=O)C(F)(F)F)nc1)NCCCCCC(=O)NCCCC[C@H](NC(=O)CCC(=O)NCCCCCC(=O)ON1C(=O)CCC1=O)C(=O)NCCCOCCOCCOCCCNC(=O)CCCC[C@@H]1SC[C@@H]2NC(=O)N[C@@H]21. The molecular formula is C60H94F3N13O16S. The van der Waals surface area contributed by atoms with E-state index in [0.717, 1.165) is 31.2 Å². The Bertz CT molecular complexity index is 2530. The highest BCUT2D eigenvalue weighted by Gasteiger charge is 2.43. The Balaban J connectivity index is 1.00. The molecular weight excluding hydrogens is 1250 g/mol. The van der Waals surface area contributed by atoms with Crippen LogP contribution < -0.4 is 58.7 Å². The Morgan fingerprint density at radius 3 is 1.65 bits per heavy atom. The van der Waals surface area contributed by atoms with E-state index in [0.29, 0.717) is 179 Å². The second-order valence-corrected chi connectivity index (χ2v) is 23.7. The van der Waals surface area contributed by atoms with Crippen LogP contribution in [0.4, 0.5) is 23.8 Å². The number of aromatic nitrogens is 1. The summed E-state index contributed by atoms with van der Waals surface area (Å²) in [5, 5.41) is 26.5. The van der Waals surface area contributed by atoms with E-state index >= 15 is 0 Å². The predicted octanol–water partition coefficient (Wildman–Crippen LogP) is 2.68. The predicted molar refractivity (Wildman–Crippen MR) is 333 cm³/mol. The maximum absolute atomic E-state index is 13.4. The van der Waals surface area contributed by atoms with Crippen molar-refractivity contribution in [1.82, 2.24) is 63.3 Å². The molecule has 3 aliphatic rings. The number of amides is 12. The zero-order valence-electron chi connectivity index (χ0n) is 52.9. The summed E-state index contributed by atoms with van der Waals surface area (Å²) < 4.78 is 53.8. The number of halogens is 3. The number of thioether (sulfide) groups is 1. The summed E-state index contributed by atoms with van der Waals surface area (Å²) in [4.78, 5) is 155. The molecule has 4 heterocycles. The minimum Gasteiger partial charge on any atom is -0.379 e. The van der Waals surface area contributed by atoms with Crippen molar-refractivity contribution in [2.75, 3.05) is 90.1 Å². The minimum absolute atomic E-state index is 0.00126. The molecule has 93 heavy (non-hydrogen) atoms. The highest BCUT2D eigenvalue weighted by Crippen LogP contribution is 2.33. The molecule has 4 rings (SSSR count). The average molecular weight is 1340 g/mol. The molecule has 0 saturated carbocycles. The van der Waals surface area contributed by atoms with Gasteiger partial charge in [-0.15, -0.1) is 5.06 Å². The lowest BCUT2D eigenvalue weighted by molar-refractivity contribution is -0.197. The van der Waals surface area contributed by atoms with Gasteiger partial charge in [-0.2, -0.15) is 24.9 Å². The molecule has 0 spiro atoms. The number of ether oxygens (including phenoxy) is 3. The van der Waals surface area contributed by atoms with Gasteiger partial charge in [-0.1, -0.05) is 25.7 Å². The van der Waals surface area contributed by atoms with Gasteiger partial charge in [0.2, 0.25) is 35.4 Å². The maximum atomic E-state index is 13.4. The molecule has 522 valence electrons. The third-order valence-electron chi connectivity index (χ3n) is 14.8. The molecule has 29 nitrogen and oxygen atoms in total. The third kappa shape index (κ3) is 34.9. The summed E-state index contributed by atoms with van der Waals surface area (Å²) in [5.74, 6) is -5.15. The van der Waals surface area contributed by atoms with Crippen molar-refractivity contribution in [3.63, 3.8) is 0 Å². The first-order valence-electron chi connectivity index (χ1n) is 32.3. The van der Waals surface area contributed by atoms with Gasteiger partial charge in [0.05, 0.1) is 44.1 Å². The average Bonchev–Trinajstić information content (AvgIpc) is 1.69. The molecule has 0 unspecified atom stereocenters. The van der Waals surface area contributed by atoms with E-state index in [1.165, 1.54) is 17.6 Å². The van der Waals surface area contributed by atoms with Crippen LogP contribution in [0.1, 0.15) is 171 Å². The smallest absolute Gasteiger partial charge is 0.379 e. The van der Waals surface area contributed by atoms with Gasteiger partial charge in [-0.25, -0.2) is 14.6 Å². The molecule has 0 bridgehead atoms.